The number of rotatable bonds is 6. The van der Waals surface area contributed by atoms with Crippen molar-refractivity contribution in [3.05, 3.63) is 36.2 Å². The van der Waals surface area contributed by atoms with Gasteiger partial charge in [-0.25, -0.2) is 9.37 Å². The Bertz CT molecular complexity index is 1330. The molecule has 9 nitrogen and oxygen atoms in total. The van der Waals surface area contributed by atoms with Crippen molar-refractivity contribution >= 4 is 5.95 Å². The molecule has 6 rings (SSSR count). The van der Waals surface area contributed by atoms with Crippen LogP contribution in [0.5, 0.6) is 11.5 Å². The highest BCUT2D eigenvalue weighted by Crippen LogP contribution is 2.47. The molecule has 37 heavy (non-hydrogen) atoms. The number of piperidine rings is 1. The van der Waals surface area contributed by atoms with Gasteiger partial charge in [0.25, 0.3) is 0 Å². The van der Waals surface area contributed by atoms with E-state index >= 15 is 4.39 Å². The van der Waals surface area contributed by atoms with Crippen molar-refractivity contribution < 1.29 is 14.2 Å². The van der Waals surface area contributed by atoms with Crippen LogP contribution in [-0.2, 0) is 0 Å². The molecular formula is C27H32FN7O2. The molecule has 2 aromatic heterocycles. The van der Waals surface area contributed by atoms with E-state index < -0.39 is 11.7 Å². The molecule has 1 saturated carbocycles. The van der Waals surface area contributed by atoms with Gasteiger partial charge in [0.2, 0.25) is 5.95 Å². The smallest absolute Gasteiger partial charge is 0.245 e. The molecule has 0 radical (unpaired) electrons. The van der Waals surface area contributed by atoms with Gasteiger partial charge in [-0.15, -0.1) is 15.3 Å². The Morgan fingerprint density at radius 1 is 1.08 bits per heavy atom. The van der Waals surface area contributed by atoms with E-state index in [9.17, 15) is 5.11 Å². The van der Waals surface area contributed by atoms with Crippen molar-refractivity contribution in [1.82, 2.24) is 30.7 Å². The molecular weight excluding hydrogens is 473 g/mol. The molecule has 3 fully saturated rings. The zero-order valence-corrected chi connectivity index (χ0v) is 21.6. The molecule has 10 heteroatoms. The third-order valence-electron chi connectivity index (χ3n) is 8.19. The molecule has 2 bridgehead atoms. The summed E-state index contributed by atoms with van der Waals surface area (Å²) in [6, 6.07) is 6.93. The van der Waals surface area contributed by atoms with E-state index in [1.54, 1.807) is 31.5 Å². The van der Waals surface area contributed by atoms with Crippen LogP contribution in [0.2, 0.25) is 0 Å². The summed E-state index contributed by atoms with van der Waals surface area (Å²) in [4.78, 5) is 6.68. The summed E-state index contributed by atoms with van der Waals surface area (Å²) in [5, 5.41) is 31.5. The number of aromatic nitrogens is 5. The quantitative estimate of drug-likeness (QED) is 0.514. The normalized spacial score (nSPS) is 28.8. The van der Waals surface area contributed by atoms with Crippen LogP contribution in [0, 0.1) is 6.92 Å². The molecule has 194 valence electrons. The standard InChI is InChI=1S/C27H32FN7O2/c1-15-23(37-4)12-19(31-30-15)16-5-8-18(22(36)11-16)20-14-29-25(33-32-20)35(17-6-7-17)21-13-26(2)9-10-27(3,34-26)24(21)28/h5,8,11-12,14,17,21,24,34,36H,6-7,9-10,13H2,1-4H3/t21-,24-,26-,27+/m0/s1. The van der Waals surface area contributed by atoms with Crippen LogP contribution in [0.3, 0.4) is 0 Å². The molecule has 0 spiro atoms. The maximum atomic E-state index is 15.8. The monoisotopic (exact) mass is 505 g/mol. The zero-order valence-electron chi connectivity index (χ0n) is 21.6. The molecule has 2 aliphatic heterocycles. The lowest BCUT2D eigenvalue weighted by Gasteiger charge is -2.48. The minimum Gasteiger partial charge on any atom is -0.507 e. The lowest BCUT2D eigenvalue weighted by Crippen LogP contribution is -2.66. The predicted molar refractivity (Wildman–Crippen MR) is 137 cm³/mol. The summed E-state index contributed by atoms with van der Waals surface area (Å²) in [5.41, 5.74) is 2.30. The summed E-state index contributed by atoms with van der Waals surface area (Å²) in [6.45, 7) is 6.00. The van der Waals surface area contributed by atoms with Crippen molar-refractivity contribution in [2.45, 2.75) is 82.2 Å². The number of nitrogens with one attached hydrogen (secondary N) is 1. The van der Waals surface area contributed by atoms with E-state index in [1.165, 1.54) is 0 Å². The minimum absolute atomic E-state index is 0.0290. The van der Waals surface area contributed by atoms with E-state index in [0.717, 1.165) is 25.7 Å². The number of phenols is 1. The molecule has 2 saturated heterocycles. The Hall–Kier alpha value is -3.40. The van der Waals surface area contributed by atoms with Gasteiger partial charge in [-0.05, 0) is 65.0 Å². The highest BCUT2D eigenvalue weighted by molar-refractivity contribution is 5.73. The number of halogens is 1. The van der Waals surface area contributed by atoms with Gasteiger partial charge in [-0.3, -0.25) is 0 Å². The third-order valence-corrected chi connectivity index (χ3v) is 8.19. The zero-order chi connectivity index (χ0) is 25.9. The van der Waals surface area contributed by atoms with Crippen molar-refractivity contribution in [2.24, 2.45) is 0 Å². The number of hydrogen-bond acceptors (Lipinski definition) is 9. The highest BCUT2D eigenvalue weighted by atomic mass is 19.1. The Morgan fingerprint density at radius 3 is 2.54 bits per heavy atom. The van der Waals surface area contributed by atoms with Crippen molar-refractivity contribution in [3.8, 4) is 34.0 Å². The molecule has 4 heterocycles. The van der Waals surface area contributed by atoms with Gasteiger partial charge in [0.1, 0.15) is 29.1 Å². The Kier molecular flexibility index (Phi) is 5.56. The fraction of sp³-hybridized carbons (Fsp3) is 0.519. The van der Waals surface area contributed by atoms with Crippen LogP contribution >= 0.6 is 0 Å². The van der Waals surface area contributed by atoms with Crippen LogP contribution in [0.4, 0.5) is 10.3 Å². The number of benzene rings is 1. The number of aryl methyl sites for hydroxylation is 1. The molecule has 3 aliphatic rings. The van der Waals surface area contributed by atoms with E-state index in [2.05, 4.69) is 42.5 Å². The highest BCUT2D eigenvalue weighted by Gasteiger charge is 2.58. The van der Waals surface area contributed by atoms with E-state index in [-0.39, 0.29) is 23.4 Å². The molecule has 0 amide bonds. The van der Waals surface area contributed by atoms with Gasteiger partial charge in [-0.2, -0.15) is 5.10 Å². The predicted octanol–water partition coefficient (Wildman–Crippen LogP) is 4.00. The minimum atomic E-state index is -1.02. The SMILES string of the molecule is COc1cc(-c2ccc(-c3cnc(N(C4CC4)[C@H]4C[C@]5(C)CC[C@@](C)(N5)[C@H]4F)nn3)c(O)c2)nnc1C. The van der Waals surface area contributed by atoms with Gasteiger partial charge in [0.05, 0.1) is 25.0 Å². The van der Waals surface area contributed by atoms with Crippen LogP contribution < -0.4 is 15.0 Å². The second kappa shape index (κ2) is 8.58. The van der Waals surface area contributed by atoms with Gasteiger partial charge in [0, 0.05) is 34.3 Å². The first-order valence-corrected chi connectivity index (χ1v) is 12.8. The first-order valence-electron chi connectivity index (χ1n) is 12.8. The first-order chi connectivity index (χ1) is 17.7. The number of nitrogens with zero attached hydrogens (tertiary/aromatic N) is 6. The van der Waals surface area contributed by atoms with Crippen LogP contribution in [0.1, 0.15) is 51.6 Å². The van der Waals surface area contributed by atoms with Crippen LogP contribution in [0.25, 0.3) is 22.5 Å². The summed E-state index contributed by atoms with van der Waals surface area (Å²) in [6.07, 6.45) is 5.09. The van der Waals surface area contributed by atoms with Gasteiger partial charge in [0.15, 0.2) is 0 Å². The number of methoxy groups -OCH3 is 1. The van der Waals surface area contributed by atoms with Crippen molar-refractivity contribution in [2.75, 3.05) is 12.0 Å². The molecule has 3 aromatic rings. The largest absolute Gasteiger partial charge is 0.507 e. The first kappa shape index (κ1) is 24.0. The summed E-state index contributed by atoms with van der Waals surface area (Å²) in [7, 11) is 1.58. The number of alkyl halides is 1. The summed E-state index contributed by atoms with van der Waals surface area (Å²) in [5.74, 6) is 1.10. The van der Waals surface area contributed by atoms with Crippen LogP contribution in [-0.4, -0.2) is 66.9 Å². The number of aromatic hydroxyl groups is 1. The Balaban J connectivity index is 1.27. The fourth-order valence-electron chi connectivity index (χ4n) is 6.08. The fourth-order valence-corrected chi connectivity index (χ4v) is 6.08. The van der Waals surface area contributed by atoms with E-state index in [0.29, 0.717) is 46.3 Å². The maximum absolute atomic E-state index is 15.8. The van der Waals surface area contributed by atoms with Gasteiger partial charge < -0.3 is 20.1 Å². The molecule has 1 aromatic carbocycles. The van der Waals surface area contributed by atoms with Crippen LogP contribution in [0.15, 0.2) is 30.5 Å². The second-order valence-electron chi connectivity index (χ2n) is 11.2. The summed E-state index contributed by atoms with van der Waals surface area (Å²) >= 11 is 0. The number of hydrogen-bond donors (Lipinski definition) is 2. The van der Waals surface area contributed by atoms with Gasteiger partial charge in [-0.1, -0.05) is 6.07 Å². The number of fused-ring (bicyclic) bond motifs is 2. The number of phenolic OH excluding ortho intramolecular Hbond substituents is 1. The van der Waals surface area contributed by atoms with E-state index in [4.69, 9.17) is 4.74 Å². The Labute approximate surface area is 215 Å². The van der Waals surface area contributed by atoms with Crippen molar-refractivity contribution in [1.29, 1.82) is 0 Å². The number of ether oxygens (including phenoxy) is 1. The van der Waals surface area contributed by atoms with Gasteiger partial charge >= 0.3 is 0 Å². The van der Waals surface area contributed by atoms with E-state index in [1.807, 2.05) is 19.9 Å². The molecule has 0 unspecified atom stereocenters. The molecule has 2 N–H and O–H groups in total. The maximum Gasteiger partial charge on any atom is 0.245 e. The molecule has 1 aliphatic carbocycles. The Morgan fingerprint density at radius 2 is 1.86 bits per heavy atom. The average Bonchev–Trinajstić information content (AvgIpc) is 3.68. The second-order valence-corrected chi connectivity index (χ2v) is 11.2. The van der Waals surface area contributed by atoms with Crippen molar-refractivity contribution in [3.63, 3.8) is 0 Å². The topological polar surface area (TPSA) is 109 Å². The molecule has 4 atom stereocenters. The lowest BCUT2D eigenvalue weighted by atomic mass is 9.82. The summed E-state index contributed by atoms with van der Waals surface area (Å²) < 4.78 is 21.2. The third kappa shape index (κ3) is 4.17. The average molecular weight is 506 g/mol. The lowest BCUT2D eigenvalue weighted by molar-refractivity contribution is 0.0828. The number of anilines is 1.